The van der Waals surface area contributed by atoms with Gasteiger partial charge in [0.25, 0.3) is 0 Å². The molecule has 0 aliphatic rings. The van der Waals surface area contributed by atoms with Gasteiger partial charge in [0.05, 0.1) is 0 Å². The van der Waals surface area contributed by atoms with E-state index < -0.39 is 0 Å². The van der Waals surface area contributed by atoms with Crippen molar-refractivity contribution in [1.29, 1.82) is 0 Å². The average Bonchev–Trinajstić information content (AvgIpc) is 3.17. The molecule has 0 bridgehead atoms. The van der Waals surface area contributed by atoms with Crippen molar-refractivity contribution in [3.8, 4) is 33.3 Å². The molecule has 0 atom stereocenters. The van der Waals surface area contributed by atoms with E-state index >= 15 is 0 Å². The van der Waals surface area contributed by atoms with Crippen LogP contribution in [0.1, 0.15) is 44.4 Å². The maximum Gasteiger partial charge on any atom is -0.0152 e. The SMILES string of the molecule is CC.CC.CSC.Cc1cbc(-c2ccc3ccc4c(-c5ccccc5)ccc5ccc2c3c54)cc1.Cc1ccccc1-c1ccccc1C. The number of rotatable bonds is 3. The van der Waals surface area contributed by atoms with E-state index in [1.165, 1.54) is 82.3 Å². The van der Waals surface area contributed by atoms with Crippen LogP contribution in [0.2, 0.25) is 0 Å². The van der Waals surface area contributed by atoms with Crippen molar-refractivity contribution in [2.75, 3.05) is 12.5 Å². The summed E-state index contributed by atoms with van der Waals surface area (Å²) in [7, 11) is 0. The average molecular weight is 671 g/mol. The summed E-state index contributed by atoms with van der Waals surface area (Å²) in [6.45, 7) is 16.7. The van der Waals surface area contributed by atoms with Crippen molar-refractivity contribution >= 4 is 51.0 Å². The molecule has 0 saturated carbocycles. The van der Waals surface area contributed by atoms with E-state index in [2.05, 4.69) is 173 Å². The summed E-state index contributed by atoms with van der Waals surface area (Å²) in [5, 5.41) is 8.01. The fourth-order valence-electron chi connectivity index (χ4n) is 6.41. The van der Waals surface area contributed by atoms with Crippen molar-refractivity contribution in [1.82, 2.24) is 0 Å². The fourth-order valence-corrected chi connectivity index (χ4v) is 6.41. The summed E-state index contributed by atoms with van der Waals surface area (Å²) in [5.41, 5.74) is 11.8. The number of hydrogen-bond donors (Lipinski definition) is 0. The van der Waals surface area contributed by atoms with Gasteiger partial charge in [-0.05, 0) is 48.6 Å². The molecule has 1 heterocycles. The zero-order valence-electron chi connectivity index (χ0n) is 31.3. The third-order valence-electron chi connectivity index (χ3n) is 8.69. The molecule has 0 radical (unpaired) electrons. The molecule has 50 heavy (non-hydrogen) atoms. The second-order valence-electron chi connectivity index (χ2n) is 11.9. The van der Waals surface area contributed by atoms with Gasteiger partial charge < -0.3 is 0 Å². The van der Waals surface area contributed by atoms with E-state index in [1.54, 1.807) is 11.8 Å². The topological polar surface area (TPSA) is 0 Å². The van der Waals surface area contributed by atoms with Gasteiger partial charge in [0.15, 0.2) is 0 Å². The van der Waals surface area contributed by atoms with E-state index in [-0.39, 0.29) is 0 Å². The number of thioether (sulfide) groups is 1. The molecule has 0 unspecified atom stereocenters. The fraction of sp³-hybridized carbons (Fsp3) is 0.188. The molecule has 1 aromatic heterocycles. The van der Waals surface area contributed by atoms with Crippen LogP contribution in [-0.2, 0) is 0 Å². The van der Waals surface area contributed by atoms with E-state index in [0.717, 1.165) is 0 Å². The molecule has 8 rings (SSSR count). The van der Waals surface area contributed by atoms with Crippen LogP contribution in [0.15, 0.2) is 145 Å². The van der Waals surface area contributed by atoms with Crippen molar-refractivity contribution in [3.05, 3.63) is 162 Å². The normalized spacial score (nSPS) is 10.1. The first-order valence-electron chi connectivity index (χ1n) is 17.8. The first kappa shape index (κ1) is 38.2. The van der Waals surface area contributed by atoms with Crippen LogP contribution in [0.25, 0.3) is 65.6 Å². The summed E-state index contributed by atoms with van der Waals surface area (Å²) < 4.78 is 0. The Morgan fingerprint density at radius 2 is 0.860 bits per heavy atom. The van der Waals surface area contributed by atoms with Gasteiger partial charge in [0.2, 0.25) is 0 Å². The quantitative estimate of drug-likeness (QED) is 0.169. The summed E-state index contributed by atoms with van der Waals surface area (Å²) in [6.07, 6.45) is 4.08. The zero-order valence-corrected chi connectivity index (χ0v) is 32.2. The Morgan fingerprint density at radius 1 is 0.420 bits per heavy atom. The van der Waals surface area contributed by atoms with E-state index in [0.29, 0.717) is 0 Å². The Hall–Kier alpha value is -4.66. The van der Waals surface area contributed by atoms with Crippen molar-refractivity contribution < 1.29 is 0 Å². The molecular formula is C48H51BS. The molecule has 8 aromatic rings. The summed E-state index contributed by atoms with van der Waals surface area (Å²) in [6, 6.07) is 50.3. The predicted molar refractivity (Wildman–Crippen MR) is 231 cm³/mol. The Balaban J connectivity index is 0.000000225. The molecule has 0 amide bonds. The smallest absolute Gasteiger partial charge is 0.0152 e. The third kappa shape index (κ3) is 8.55. The van der Waals surface area contributed by atoms with Gasteiger partial charge >= 0.3 is 171 Å². The molecule has 0 nitrogen and oxygen atoms in total. The molecule has 2 heteroatoms. The van der Waals surface area contributed by atoms with Crippen LogP contribution in [0.5, 0.6) is 0 Å². The van der Waals surface area contributed by atoms with Crippen molar-refractivity contribution in [2.24, 2.45) is 0 Å². The summed E-state index contributed by atoms with van der Waals surface area (Å²) >= 11 is 1.75. The molecule has 0 spiro atoms. The molecular weight excluding hydrogens is 619 g/mol. The van der Waals surface area contributed by atoms with Gasteiger partial charge in [0.1, 0.15) is 0 Å². The molecule has 0 N–H and O–H groups in total. The van der Waals surface area contributed by atoms with Crippen molar-refractivity contribution in [2.45, 2.75) is 48.5 Å². The molecule has 7 aromatic carbocycles. The Labute approximate surface area is 306 Å². The Morgan fingerprint density at radius 3 is 1.34 bits per heavy atom. The van der Waals surface area contributed by atoms with Gasteiger partial charge in [-0.25, -0.2) is 0 Å². The molecule has 0 saturated heterocycles. The molecule has 252 valence electrons. The molecule has 0 fully saturated rings. The zero-order chi connectivity index (χ0) is 36.0. The minimum atomic E-state index is 1.27. The van der Waals surface area contributed by atoms with Crippen LogP contribution in [-0.4, -0.2) is 19.4 Å². The van der Waals surface area contributed by atoms with E-state index in [9.17, 15) is 0 Å². The Kier molecular flexibility index (Phi) is 14.4. The number of benzene rings is 7. The Bertz CT molecular complexity index is 2170. The first-order chi connectivity index (χ1) is 24.5. The van der Waals surface area contributed by atoms with E-state index in [4.69, 9.17) is 0 Å². The first-order valence-corrected chi connectivity index (χ1v) is 19.5. The molecule has 0 aliphatic carbocycles. The second kappa shape index (κ2) is 18.9. The monoisotopic (exact) mass is 670 g/mol. The van der Waals surface area contributed by atoms with Crippen LogP contribution in [0.4, 0.5) is 0 Å². The van der Waals surface area contributed by atoms with Crippen LogP contribution >= 0.6 is 11.8 Å². The predicted octanol–water partition coefficient (Wildman–Crippen LogP) is 14.6. The minimum absolute atomic E-state index is 1.27. The number of hydrogen-bond acceptors (Lipinski definition) is 1. The third-order valence-corrected chi connectivity index (χ3v) is 8.69. The van der Waals surface area contributed by atoms with Crippen LogP contribution in [0.3, 0.4) is 0 Å². The largest absolute Gasteiger partial charge is 0.0620 e. The van der Waals surface area contributed by atoms with Gasteiger partial charge in [-0.3, -0.25) is 0 Å². The summed E-state index contributed by atoms with van der Waals surface area (Å²) in [4.78, 5) is 0. The maximum atomic E-state index is 2.29. The van der Waals surface area contributed by atoms with Gasteiger partial charge in [0, 0.05) is 0 Å². The minimum Gasteiger partial charge on any atom is -0.0620 e. The standard InChI is InChI=1S/C28H19B.C14H14.C2H6S.2C2H6/c1-18-7-16-26(29-17-18)23-13-9-21-10-14-24-22(19-5-3-2-4-6-19)12-8-20-11-15-25(23)28(21)27(20)24;1-11-7-3-5-9-13(11)14-10-6-4-8-12(14)2;1-3-2;2*1-2/h2-17H,1H3;3-10H,1-2H3;1-2H3;2*1-2H3. The molecule has 0 aliphatic heterocycles. The summed E-state index contributed by atoms with van der Waals surface area (Å²) in [5.74, 6) is 2.20. The van der Waals surface area contributed by atoms with Gasteiger partial charge in [-0.1, -0.05) is 76.2 Å². The van der Waals surface area contributed by atoms with Gasteiger partial charge in [-0.2, -0.15) is 11.8 Å². The maximum absolute atomic E-state index is 2.29. The second-order valence-corrected chi connectivity index (χ2v) is 12.7. The van der Waals surface area contributed by atoms with Crippen molar-refractivity contribution in [3.63, 3.8) is 0 Å². The number of aryl methyl sites for hydroxylation is 3. The van der Waals surface area contributed by atoms with Gasteiger partial charge in [-0.15, -0.1) is 0 Å². The van der Waals surface area contributed by atoms with Crippen LogP contribution in [0, 0.1) is 20.8 Å². The van der Waals surface area contributed by atoms with E-state index in [1.807, 2.05) is 40.2 Å². The van der Waals surface area contributed by atoms with Crippen LogP contribution < -0.4 is 0 Å².